The van der Waals surface area contributed by atoms with E-state index in [0.717, 1.165) is 39.3 Å². The molecule has 1 aliphatic rings. The van der Waals surface area contributed by atoms with Crippen molar-refractivity contribution in [2.45, 2.75) is 6.54 Å². The third-order valence-corrected chi connectivity index (χ3v) is 3.90. The van der Waals surface area contributed by atoms with Crippen LogP contribution in [0.5, 0.6) is 0 Å². The minimum atomic E-state index is -0.218. The van der Waals surface area contributed by atoms with Gasteiger partial charge in [-0.15, -0.1) is 0 Å². The summed E-state index contributed by atoms with van der Waals surface area (Å²) in [7, 11) is 4.17. The first-order valence-electron chi connectivity index (χ1n) is 7.36. The Bertz CT molecular complexity index is 501. The number of halogens is 1. The van der Waals surface area contributed by atoms with E-state index in [9.17, 15) is 4.39 Å². The lowest BCUT2D eigenvalue weighted by Crippen LogP contribution is -2.47. The highest BCUT2D eigenvalue weighted by molar-refractivity contribution is 5.33. The summed E-state index contributed by atoms with van der Waals surface area (Å²) in [6, 6.07) is 6.64. The molecular weight excluding hydrogens is 267 g/mol. The van der Waals surface area contributed by atoms with Crippen molar-refractivity contribution >= 4 is 0 Å². The lowest BCUT2D eigenvalue weighted by Gasteiger charge is -2.35. The summed E-state index contributed by atoms with van der Waals surface area (Å²) in [6.07, 6.45) is 0. The molecule has 1 fully saturated rings. The molecule has 0 radical (unpaired) electrons. The summed E-state index contributed by atoms with van der Waals surface area (Å²) < 4.78 is 13.8. The van der Waals surface area contributed by atoms with E-state index in [0.29, 0.717) is 17.7 Å². The summed E-state index contributed by atoms with van der Waals surface area (Å²) in [5.41, 5.74) is 1.15. The number of rotatable bonds is 5. The molecule has 5 heteroatoms. The summed E-state index contributed by atoms with van der Waals surface area (Å²) >= 11 is 0. The largest absolute Gasteiger partial charge is 0.308 e. The van der Waals surface area contributed by atoms with Crippen LogP contribution >= 0.6 is 0 Å². The first kappa shape index (κ1) is 15.9. The van der Waals surface area contributed by atoms with Gasteiger partial charge in [-0.2, -0.15) is 5.26 Å². The molecule has 2 rings (SSSR count). The molecular formula is C16H23FN4. The molecule has 21 heavy (non-hydrogen) atoms. The second-order valence-corrected chi connectivity index (χ2v) is 5.84. The minimum absolute atomic E-state index is 0.218. The van der Waals surface area contributed by atoms with Crippen LogP contribution in [0.4, 0.5) is 4.39 Å². The molecule has 0 amide bonds. The maximum Gasteiger partial charge on any atom is 0.127 e. The van der Waals surface area contributed by atoms with Crippen molar-refractivity contribution in [1.82, 2.24) is 14.7 Å². The van der Waals surface area contributed by atoms with E-state index in [1.165, 1.54) is 12.1 Å². The van der Waals surface area contributed by atoms with E-state index in [-0.39, 0.29) is 5.82 Å². The van der Waals surface area contributed by atoms with Gasteiger partial charge in [0, 0.05) is 51.4 Å². The highest BCUT2D eigenvalue weighted by atomic mass is 19.1. The zero-order chi connectivity index (χ0) is 15.2. The maximum atomic E-state index is 13.8. The van der Waals surface area contributed by atoms with Crippen LogP contribution in [-0.2, 0) is 6.54 Å². The molecule has 0 atom stereocenters. The lowest BCUT2D eigenvalue weighted by molar-refractivity contribution is 0.119. The standard InChI is InChI=1S/C16H23FN4/c1-19(2)5-6-20-7-9-21(10-8-20)13-15-11-14(12-18)3-4-16(15)17/h3-4,11H,5-10,13H2,1-2H3. The van der Waals surface area contributed by atoms with Crippen molar-refractivity contribution in [3.8, 4) is 6.07 Å². The Morgan fingerprint density at radius 3 is 2.48 bits per heavy atom. The molecule has 114 valence electrons. The van der Waals surface area contributed by atoms with E-state index in [1.54, 1.807) is 6.07 Å². The van der Waals surface area contributed by atoms with Crippen molar-refractivity contribution in [3.05, 3.63) is 35.1 Å². The Morgan fingerprint density at radius 1 is 1.19 bits per heavy atom. The summed E-state index contributed by atoms with van der Waals surface area (Å²) in [5.74, 6) is -0.218. The number of benzene rings is 1. The van der Waals surface area contributed by atoms with Crippen LogP contribution in [0.25, 0.3) is 0 Å². The van der Waals surface area contributed by atoms with Crippen LogP contribution < -0.4 is 0 Å². The fraction of sp³-hybridized carbons (Fsp3) is 0.562. The van der Waals surface area contributed by atoms with Crippen molar-refractivity contribution in [1.29, 1.82) is 5.26 Å². The molecule has 0 spiro atoms. The number of nitrogens with zero attached hydrogens (tertiary/aromatic N) is 4. The maximum absolute atomic E-state index is 13.8. The van der Waals surface area contributed by atoms with E-state index in [1.807, 2.05) is 0 Å². The fourth-order valence-corrected chi connectivity index (χ4v) is 2.52. The lowest BCUT2D eigenvalue weighted by atomic mass is 10.1. The van der Waals surface area contributed by atoms with Crippen LogP contribution in [0.2, 0.25) is 0 Å². The Labute approximate surface area is 126 Å². The quantitative estimate of drug-likeness (QED) is 0.820. The fourth-order valence-electron chi connectivity index (χ4n) is 2.52. The van der Waals surface area contributed by atoms with Gasteiger partial charge < -0.3 is 4.90 Å². The molecule has 1 aliphatic heterocycles. The Morgan fingerprint density at radius 2 is 1.86 bits per heavy atom. The average Bonchev–Trinajstić information content (AvgIpc) is 2.48. The van der Waals surface area contributed by atoms with Crippen LogP contribution in [0, 0.1) is 17.1 Å². The normalized spacial score (nSPS) is 17.1. The van der Waals surface area contributed by atoms with Crippen molar-refractivity contribution in [3.63, 3.8) is 0 Å². The molecule has 0 N–H and O–H groups in total. The van der Waals surface area contributed by atoms with Crippen LogP contribution in [0.15, 0.2) is 18.2 Å². The number of likely N-dealkylation sites (N-methyl/N-ethyl adjacent to an activating group) is 1. The molecule has 0 bridgehead atoms. The molecule has 0 aliphatic carbocycles. The molecule has 1 heterocycles. The third kappa shape index (κ3) is 4.78. The molecule has 1 aromatic rings. The Hall–Kier alpha value is -1.48. The summed E-state index contributed by atoms with van der Waals surface area (Å²) in [5, 5.41) is 8.90. The molecule has 4 nitrogen and oxygen atoms in total. The van der Waals surface area contributed by atoms with Crippen LogP contribution in [0.3, 0.4) is 0 Å². The van der Waals surface area contributed by atoms with Crippen molar-refractivity contribution in [2.24, 2.45) is 0 Å². The number of hydrogen-bond acceptors (Lipinski definition) is 4. The van der Waals surface area contributed by atoms with Gasteiger partial charge in [-0.1, -0.05) is 0 Å². The van der Waals surface area contributed by atoms with E-state index < -0.39 is 0 Å². The van der Waals surface area contributed by atoms with Gasteiger partial charge in [-0.05, 0) is 32.3 Å². The van der Waals surface area contributed by atoms with E-state index >= 15 is 0 Å². The van der Waals surface area contributed by atoms with Gasteiger partial charge in [0.2, 0.25) is 0 Å². The zero-order valence-corrected chi connectivity index (χ0v) is 12.8. The Balaban J connectivity index is 1.85. The molecule has 0 saturated carbocycles. The predicted molar refractivity (Wildman–Crippen MR) is 81.4 cm³/mol. The number of piperazine rings is 1. The summed E-state index contributed by atoms with van der Waals surface area (Å²) in [6.45, 7) is 6.68. The predicted octanol–water partition coefficient (Wildman–Crippen LogP) is 1.38. The average molecular weight is 290 g/mol. The first-order valence-corrected chi connectivity index (χ1v) is 7.36. The highest BCUT2D eigenvalue weighted by Gasteiger charge is 2.18. The van der Waals surface area contributed by atoms with Crippen LogP contribution in [-0.4, -0.2) is 68.1 Å². The van der Waals surface area contributed by atoms with Gasteiger partial charge in [0.1, 0.15) is 5.82 Å². The SMILES string of the molecule is CN(C)CCN1CCN(Cc2cc(C#N)ccc2F)CC1. The summed E-state index contributed by atoms with van der Waals surface area (Å²) in [4.78, 5) is 6.89. The van der Waals surface area contributed by atoms with Gasteiger partial charge >= 0.3 is 0 Å². The van der Waals surface area contributed by atoms with Gasteiger partial charge in [-0.3, -0.25) is 9.80 Å². The molecule has 0 aromatic heterocycles. The first-order chi connectivity index (χ1) is 10.1. The second kappa shape index (κ2) is 7.51. The van der Waals surface area contributed by atoms with Gasteiger partial charge in [0.15, 0.2) is 0 Å². The third-order valence-electron chi connectivity index (χ3n) is 3.90. The van der Waals surface area contributed by atoms with Crippen LogP contribution in [0.1, 0.15) is 11.1 Å². The minimum Gasteiger partial charge on any atom is -0.308 e. The molecule has 1 aromatic carbocycles. The van der Waals surface area contributed by atoms with Gasteiger partial charge in [0.25, 0.3) is 0 Å². The van der Waals surface area contributed by atoms with Gasteiger partial charge in [0.05, 0.1) is 11.6 Å². The van der Waals surface area contributed by atoms with E-state index in [4.69, 9.17) is 5.26 Å². The number of nitriles is 1. The highest BCUT2D eigenvalue weighted by Crippen LogP contribution is 2.14. The second-order valence-electron chi connectivity index (χ2n) is 5.84. The smallest absolute Gasteiger partial charge is 0.127 e. The monoisotopic (exact) mass is 290 g/mol. The molecule has 1 saturated heterocycles. The zero-order valence-electron chi connectivity index (χ0n) is 12.8. The van der Waals surface area contributed by atoms with E-state index in [2.05, 4.69) is 34.9 Å². The van der Waals surface area contributed by atoms with Crippen molar-refractivity contribution < 1.29 is 4.39 Å². The van der Waals surface area contributed by atoms with Crippen molar-refractivity contribution in [2.75, 3.05) is 53.4 Å². The Kier molecular flexibility index (Phi) is 5.68. The van der Waals surface area contributed by atoms with Gasteiger partial charge in [-0.25, -0.2) is 4.39 Å². The topological polar surface area (TPSA) is 33.5 Å². The number of hydrogen-bond donors (Lipinski definition) is 0. The molecule has 0 unspecified atom stereocenters.